The Morgan fingerprint density at radius 1 is 1.25 bits per heavy atom. The van der Waals surface area contributed by atoms with Crippen molar-refractivity contribution in [3.05, 3.63) is 0 Å². The van der Waals surface area contributed by atoms with E-state index in [0.717, 1.165) is 12.1 Å². The second kappa shape index (κ2) is 4.28. The molecule has 0 aromatic rings. The zero-order valence-corrected chi connectivity index (χ0v) is 10.5. The van der Waals surface area contributed by atoms with Crippen molar-refractivity contribution in [2.45, 2.75) is 44.7 Å². The first-order valence-electron chi connectivity index (χ1n) is 6.93. The van der Waals surface area contributed by atoms with Crippen molar-refractivity contribution in [2.75, 3.05) is 32.7 Å². The molecule has 0 aromatic carbocycles. The lowest BCUT2D eigenvalue weighted by Crippen LogP contribution is -2.42. The minimum atomic E-state index is 0.531. The number of rotatable bonds is 2. The Morgan fingerprint density at radius 2 is 2.12 bits per heavy atom. The summed E-state index contributed by atoms with van der Waals surface area (Å²) >= 11 is 0. The third-order valence-electron chi connectivity index (χ3n) is 4.67. The van der Waals surface area contributed by atoms with E-state index in [-0.39, 0.29) is 0 Å². The summed E-state index contributed by atoms with van der Waals surface area (Å²) in [5.74, 6) is 0. The Bertz CT molecular complexity index is 248. The summed E-state index contributed by atoms with van der Waals surface area (Å²) in [6.45, 7) is 8.77. The number of likely N-dealkylation sites (tertiary alicyclic amines) is 1. The smallest absolute Gasteiger partial charge is 0.0198 e. The molecule has 3 aliphatic rings. The van der Waals surface area contributed by atoms with E-state index < -0.39 is 0 Å². The fourth-order valence-corrected chi connectivity index (χ4v) is 3.70. The van der Waals surface area contributed by atoms with Crippen LogP contribution in [0.5, 0.6) is 0 Å². The van der Waals surface area contributed by atoms with Crippen LogP contribution in [0.15, 0.2) is 0 Å². The van der Waals surface area contributed by atoms with Crippen LogP contribution in [0, 0.1) is 5.41 Å². The Balaban J connectivity index is 1.58. The highest BCUT2D eigenvalue weighted by molar-refractivity contribution is 4.93. The minimum absolute atomic E-state index is 0.531. The van der Waals surface area contributed by atoms with E-state index in [0.29, 0.717) is 5.41 Å². The molecule has 16 heavy (non-hydrogen) atoms. The molecule has 2 bridgehead atoms. The van der Waals surface area contributed by atoms with Crippen molar-refractivity contribution in [1.29, 1.82) is 0 Å². The maximum atomic E-state index is 3.76. The Labute approximate surface area is 99.0 Å². The predicted molar refractivity (Wildman–Crippen MR) is 66.6 cm³/mol. The second-order valence-electron chi connectivity index (χ2n) is 6.40. The molecule has 3 aliphatic heterocycles. The number of nitrogens with one attached hydrogen (secondary N) is 2. The maximum absolute atomic E-state index is 3.76. The van der Waals surface area contributed by atoms with Crippen LogP contribution in [0.3, 0.4) is 0 Å². The highest BCUT2D eigenvalue weighted by Crippen LogP contribution is 2.28. The molecule has 3 nitrogen and oxygen atoms in total. The molecular formula is C13H25N3. The zero-order valence-electron chi connectivity index (χ0n) is 10.5. The van der Waals surface area contributed by atoms with Crippen molar-refractivity contribution in [3.8, 4) is 0 Å². The monoisotopic (exact) mass is 223 g/mol. The summed E-state index contributed by atoms with van der Waals surface area (Å²) in [6, 6.07) is 1.61. The van der Waals surface area contributed by atoms with E-state index in [1.807, 2.05) is 0 Å². The molecule has 0 saturated carbocycles. The van der Waals surface area contributed by atoms with Gasteiger partial charge in [-0.3, -0.25) is 0 Å². The highest BCUT2D eigenvalue weighted by Gasteiger charge is 2.34. The van der Waals surface area contributed by atoms with Crippen LogP contribution >= 0.6 is 0 Å². The molecule has 3 fully saturated rings. The van der Waals surface area contributed by atoms with Crippen LogP contribution in [-0.4, -0.2) is 49.7 Å². The molecule has 3 heteroatoms. The van der Waals surface area contributed by atoms with E-state index in [4.69, 9.17) is 0 Å². The van der Waals surface area contributed by atoms with Crippen molar-refractivity contribution in [2.24, 2.45) is 5.41 Å². The van der Waals surface area contributed by atoms with Gasteiger partial charge in [0, 0.05) is 31.7 Å². The van der Waals surface area contributed by atoms with Gasteiger partial charge in [0.2, 0.25) is 0 Å². The van der Waals surface area contributed by atoms with Crippen LogP contribution in [0.25, 0.3) is 0 Å². The molecule has 0 aromatic heterocycles. The van der Waals surface area contributed by atoms with Crippen LogP contribution in [0.2, 0.25) is 0 Å². The number of hydrogen-bond acceptors (Lipinski definition) is 3. The summed E-state index contributed by atoms with van der Waals surface area (Å²) in [7, 11) is 0. The molecular weight excluding hydrogens is 198 g/mol. The molecule has 3 heterocycles. The lowest BCUT2D eigenvalue weighted by molar-refractivity contribution is 0.170. The van der Waals surface area contributed by atoms with Crippen LogP contribution in [0.4, 0.5) is 0 Å². The Kier molecular flexibility index (Phi) is 2.94. The largest absolute Gasteiger partial charge is 0.316 e. The molecule has 3 unspecified atom stereocenters. The molecule has 0 aliphatic carbocycles. The number of fused-ring (bicyclic) bond motifs is 2. The molecule has 0 spiro atoms. The van der Waals surface area contributed by atoms with Gasteiger partial charge in [0.25, 0.3) is 0 Å². The van der Waals surface area contributed by atoms with Crippen LogP contribution < -0.4 is 10.6 Å². The summed E-state index contributed by atoms with van der Waals surface area (Å²) in [5.41, 5.74) is 0.531. The quantitative estimate of drug-likeness (QED) is 0.725. The summed E-state index contributed by atoms with van der Waals surface area (Å²) in [4.78, 5) is 2.71. The maximum Gasteiger partial charge on any atom is 0.0198 e. The van der Waals surface area contributed by atoms with Gasteiger partial charge in [-0.05, 0) is 44.2 Å². The standard InChI is InChI=1S/C13H25N3/c1-13(5-6-14-9-13)10-16-7-4-11-2-3-12(8-16)15-11/h11-12,14-15H,2-10H2,1H3. The van der Waals surface area contributed by atoms with E-state index >= 15 is 0 Å². The van der Waals surface area contributed by atoms with Gasteiger partial charge in [-0.1, -0.05) is 6.92 Å². The predicted octanol–water partition coefficient (Wildman–Crippen LogP) is 0.812. The molecule has 3 atom stereocenters. The van der Waals surface area contributed by atoms with Crippen molar-refractivity contribution in [1.82, 2.24) is 15.5 Å². The van der Waals surface area contributed by atoms with Crippen LogP contribution in [-0.2, 0) is 0 Å². The Morgan fingerprint density at radius 3 is 2.94 bits per heavy atom. The SMILES string of the molecule is CC1(CN2CCC3CCC(C2)N3)CCNC1. The number of nitrogens with zero attached hydrogens (tertiary/aromatic N) is 1. The second-order valence-corrected chi connectivity index (χ2v) is 6.40. The summed E-state index contributed by atoms with van der Waals surface area (Å²) in [5, 5.41) is 7.27. The van der Waals surface area contributed by atoms with Crippen LogP contribution in [0.1, 0.15) is 32.6 Å². The van der Waals surface area contributed by atoms with Gasteiger partial charge in [-0.25, -0.2) is 0 Å². The van der Waals surface area contributed by atoms with Crippen molar-refractivity contribution >= 4 is 0 Å². The first-order valence-corrected chi connectivity index (χ1v) is 6.93. The number of hydrogen-bond donors (Lipinski definition) is 2. The average Bonchev–Trinajstić information content (AvgIpc) is 2.78. The van der Waals surface area contributed by atoms with E-state index in [1.165, 1.54) is 58.4 Å². The molecule has 2 N–H and O–H groups in total. The lowest BCUT2D eigenvalue weighted by Gasteiger charge is -2.32. The zero-order chi connectivity index (χ0) is 11.0. The van der Waals surface area contributed by atoms with Gasteiger partial charge >= 0.3 is 0 Å². The summed E-state index contributed by atoms with van der Waals surface area (Å²) < 4.78 is 0. The van der Waals surface area contributed by atoms with Gasteiger partial charge in [0.05, 0.1) is 0 Å². The third-order valence-corrected chi connectivity index (χ3v) is 4.67. The fraction of sp³-hybridized carbons (Fsp3) is 1.00. The van der Waals surface area contributed by atoms with E-state index in [2.05, 4.69) is 22.5 Å². The first kappa shape index (κ1) is 11.0. The first-order chi connectivity index (χ1) is 7.73. The van der Waals surface area contributed by atoms with Gasteiger partial charge in [-0.2, -0.15) is 0 Å². The van der Waals surface area contributed by atoms with E-state index in [9.17, 15) is 0 Å². The molecule has 0 radical (unpaired) electrons. The average molecular weight is 223 g/mol. The van der Waals surface area contributed by atoms with Crippen molar-refractivity contribution in [3.63, 3.8) is 0 Å². The van der Waals surface area contributed by atoms with Gasteiger partial charge in [0.15, 0.2) is 0 Å². The summed E-state index contributed by atoms with van der Waals surface area (Å²) in [6.07, 6.45) is 5.53. The van der Waals surface area contributed by atoms with Gasteiger partial charge in [-0.15, -0.1) is 0 Å². The lowest BCUT2D eigenvalue weighted by atomic mass is 9.89. The molecule has 92 valence electrons. The molecule has 3 rings (SSSR count). The third kappa shape index (κ3) is 2.27. The highest BCUT2D eigenvalue weighted by atomic mass is 15.2. The van der Waals surface area contributed by atoms with Crippen molar-refractivity contribution < 1.29 is 0 Å². The Hall–Kier alpha value is -0.120. The molecule has 0 amide bonds. The normalized spacial score (nSPS) is 44.8. The van der Waals surface area contributed by atoms with E-state index in [1.54, 1.807) is 0 Å². The van der Waals surface area contributed by atoms with Gasteiger partial charge in [0.1, 0.15) is 0 Å². The topological polar surface area (TPSA) is 27.3 Å². The minimum Gasteiger partial charge on any atom is -0.316 e. The van der Waals surface area contributed by atoms with Gasteiger partial charge < -0.3 is 15.5 Å². The fourth-order valence-electron chi connectivity index (χ4n) is 3.70. The molecule has 3 saturated heterocycles.